The number of nitrogens with zero attached hydrogens (tertiary/aromatic N) is 1. The molecule has 0 unspecified atom stereocenters. The largest absolute Gasteiger partial charge is 0.466 e. The molecule has 1 aromatic heterocycles. The van der Waals surface area contributed by atoms with Crippen molar-refractivity contribution in [2.45, 2.75) is 0 Å². The van der Waals surface area contributed by atoms with E-state index in [0.717, 1.165) is 0 Å². The minimum absolute atomic E-state index is 2.00. The first kappa shape index (κ1) is 11.3. The minimum Gasteiger partial charge on any atom is -0.303 e. The van der Waals surface area contributed by atoms with Crippen LogP contribution in [-0.2, 0) is 11.6 Å². The van der Waals surface area contributed by atoms with Crippen molar-refractivity contribution in [2.75, 3.05) is 0 Å². The van der Waals surface area contributed by atoms with E-state index in [1.807, 2.05) is 42.2 Å². The summed E-state index contributed by atoms with van der Waals surface area (Å²) < 4.78 is 10.9. The summed E-state index contributed by atoms with van der Waals surface area (Å²) in [6, 6.07) is 6.00. The topological polar surface area (TPSA) is 81.6 Å². The van der Waals surface area contributed by atoms with E-state index in [0.29, 0.717) is 0 Å². The summed E-state index contributed by atoms with van der Waals surface area (Å²) in [7, 11) is -2.64. The van der Waals surface area contributed by atoms with Crippen molar-refractivity contribution in [3.05, 3.63) is 30.6 Å². The average molecular weight is 192 g/mol. The van der Waals surface area contributed by atoms with Crippen LogP contribution in [-0.4, -0.2) is 14.7 Å². The van der Waals surface area contributed by atoms with Crippen LogP contribution >= 0.6 is 7.82 Å². The maximum atomic E-state index is 8.88. The molecule has 0 amide bonds. The summed E-state index contributed by atoms with van der Waals surface area (Å²) in [6.45, 7) is 0. The number of hydrogen-bond acceptors (Lipinski definition) is 1. The molecule has 12 heavy (non-hydrogen) atoms. The molecule has 68 valence electrons. The van der Waals surface area contributed by atoms with Crippen LogP contribution in [0.2, 0.25) is 0 Å². The Morgan fingerprint density at radius 1 is 1.08 bits per heavy atom. The second kappa shape index (κ2) is 5.00. The van der Waals surface area contributed by atoms with Crippen LogP contribution in [0.3, 0.4) is 0 Å². The monoisotopic (exact) mass is 192 g/mol. The summed E-state index contributed by atoms with van der Waals surface area (Å²) in [5, 5.41) is 0. The van der Waals surface area contributed by atoms with Crippen molar-refractivity contribution in [1.29, 1.82) is 0 Å². The van der Waals surface area contributed by atoms with Gasteiger partial charge in [0.05, 0.1) is 0 Å². The smallest absolute Gasteiger partial charge is 0.303 e. The summed E-state index contributed by atoms with van der Waals surface area (Å²) in [6.07, 6.45) is 4.00. The van der Waals surface area contributed by atoms with Crippen LogP contribution in [0.5, 0.6) is 0 Å². The Bertz CT molecular complexity index is 249. The number of aryl methyl sites for hydroxylation is 1. The Morgan fingerprint density at radius 2 is 1.42 bits per heavy atom. The minimum atomic E-state index is -4.64. The van der Waals surface area contributed by atoms with Gasteiger partial charge in [-0.2, -0.15) is 0 Å². The summed E-state index contributed by atoms with van der Waals surface area (Å²) in [5.41, 5.74) is 0. The molecule has 0 aliphatic carbocycles. The molecule has 5 nitrogen and oxygen atoms in total. The molecule has 0 spiro atoms. The molecule has 0 saturated carbocycles. The lowest BCUT2D eigenvalue weighted by molar-refractivity contribution is -0.671. The molecule has 0 aromatic carbocycles. The molecule has 0 radical (unpaired) electrons. The number of aromatic nitrogens is 1. The third kappa shape index (κ3) is 12.0. The molecule has 0 saturated heterocycles. The highest BCUT2D eigenvalue weighted by molar-refractivity contribution is 7.45. The van der Waals surface area contributed by atoms with Gasteiger partial charge in [-0.05, 0) is 0 Å². The number of pyridine rings is 1. The van der Waals surface area contributed by atoms with E-state index >= 15 is 0 Å². The van der Waals surface area contributed by atoms with E-state index in [4.69, 9.17) is 19.2 Å². The van der Waals surface area contributed by atoms with Crippen LogP contribution in [0, 0.1) is 0 Å². The Hall–Kier alpha value is -0.740. The first-order valence-corrected chi connectivity index (χ1v) is 4.64. The highest BCUT2D eigenvalue weighted by Gasteiger charge is 2.00. The van der Waals surface area contributed by atoms with Gasteiger partial charge in [-0.1, -0.05) is 6.07 Å². The third-order valence-corrected chi connectivity index (χ3v) is 0.865. The fourth-order valence-electron chi connectivity index (χ4n) is 0.485. The van der Waals surface area contributed by atoms with E-state index in [1.54, 1.807) is 0 Å². The normalized spacial score (nSPS) is 10.0. The van der Waals surface area contributed by atoms with Gasteiger partial charge in [0.25, 0.3) is 0 Å². The lowest BCUT2D eigenvalue weighted by atomic mass is 10.5. The van der Waals surface area contributed by atoms with E-state index in [1.165, 1.54) is 0 Å². The van der Waals surface area contributed by atoms with Gasteiger partial charge in [0.15, 0.2) is 12.4 Å². The molecule has 0 fully saturated rings. The van der Waals surface area contributed by atoms with Gasteiger partial charge in [-0.25, -0.2) is 9.13 Å². The molecule has 6 heteroatoms. The molecule has 3 N–H and O–H groups in total. The highest BCUT2D eigenvalue weighted by atomic mass is 31.2. The summed E-state index contributed by atoms with van der Waals surface area (Å²) in [4.78, 5) is 21.6. The zero-order valence-electron chi connectivity index (χ0n) is 6.53. The fourth-order valence-corrected chi connectivity index (χ4v) is 0.485. The van der Waals surface area contributed by atoms with Crippen molar-refractivity contribution < 1.29 is 23.8 Å². The van der Waals surface area contributed by atoms with Crippen LogP contribution in [0.25, 0.3) is 0 Å². The maximum absolute atomic E-state index is 8.88. The van der Waals surface area contributed by atoms with Gasteiger partial charge in [0.1, 0.15) is 7.05 Å². The zero-order valence-corrected chi connectivity index (χ0v) is 7.43. The van der Waals surface area contributed by atoms with E-state index in [-0.39, 0.29) is 0 Å². The van der Waals surface area contributed by atoms with Crippen molar-refractivity contribution in [1.82, 2.24) is 0 Å². The Labute approximate surface area is 70.2 Å². The van der Waals surface area contributed by atoms with E-state index in [9.17, 15) is 0 Å². The standard InChI is InChI=1S/C6H8N.H3O4P/c1-7-5-3-2-4-6-7;1-5(2,3)4/h2-6H,1H3;(H3,1,2,3,4)/q+1;. The molecule has 1 heterocycles. The van der Waals surface area contributed by atoms with Gasteiger partial charge >= 0.3 is 7.82 Å². The van der Waals surface area contributed by atoms with Gasteiger partial charge in [0.2, 0.25) is 0 Å². The first-order chi connectivity index (χ1) is 5.39. The average Bonchev–Trinajstić information content (AvgIpc) is 1.85. The Kier molecular flexibility index (Phi) is 4.70. The zero-order chi connectivity index (χ0) is 9.61. The summed E-state index contributed by atoms with van der Waals surface area (Å²) >= 11 is 0. The highest BCUT2D eigenvalue weighted by Crippen LogP contribution is 2.25. The van der Waals surface area contributed by atoms with Crippen molar-refractivity contribution in [2.24, 2.45) is 7.05 Å². The molecular formula is C6H11NO4P+. The van der Waals surface area contributed by atoms with E-state index < -0.39 is 7.82 Å². The molecule has 0 atom stereocenters. The van der Waals surface area contributed by atoms with Gasteiger partial charge in [-0.3, -0.25) is 0 Å². The lowest BCUT2D eigenvalue weighted by Crippen LogP contribution is -2.25. The summed E-state index contributed by atoms with van der Waals surface area (Å²) in [5.74, 6) is 0. The third-order valence-electron chi connectivity index (χ3n) is 0.865. The number of rotatable bonds is 0. The molecule has 0 aliphatic rings. The fraction of sp³-hybridized carbons (Fsp3) is 0.167. The van der Waals surface area contributed by atoms with Crippen LogP contribution in [0.15, 0.2) is 30.6 Å². The van der Waals surface area contributed by atoms with Crippen LogP contribution < -0.4 is 4.57 Å². The van der Waals surface area contributed by atoms with E-state index in [2.05, 4.69) is 0 Å². The maximum Gasteiger partial charge on any atom is 0.466 e. The first-order valence-electron chi connectivity index (χ1n) is 3.08. The van der Waals surface area contributed by atoms with Gasteiger partial charge in [-0.15, -0.1) is 0 Å². The van der Waals surface area contributed by atoms with Gasteiger partial charge < -0.3 is 14.7 Å². The molecular weight excluding hydrogens is 181 g/mol. The van der Waals surface area contributed by atoms with Crippen molar-refractivity contribution in [3.63, 3.8) is 0 Å². The Morgan fingerprint density at radius 3 is 1.58 bits per heavy atom. The number of phosphoric acid groups is 1. The predicted molar refractivity (Wildman–Crippen MR) is 41.9 cm³/mol. The second-order valence-electron chi connectivity index (χ2n) is 2.05. The Balaban J connectivity index is 0.000000217. The molecule has 1 aromatic rings. The lowest BCUT2D eigenvalue weighted by Gasteiger charge is -1.82. The molecule has 0 aliphatic heterocycles. The van der Waals surface area contributed by atoms with Crippen LogP contribution in [0.1, 0.15) is 0 Å². The molecule has 0 bridgehead atoms. The van der Waals surface area contributed by atoms with Crippen molar-refractivity contribution >= 4 is 7.82 Å². The quantitative estimate of drug-likeness (QED) is 0.385. The predicted octanol–water partition coefficient (Wildman–Crippen LogP) is -0.418. The van der Waals surface area contributed by atoms with Crippen LogP contribution in [0.4, 0.5) is 0 Å². The van der Waals surface area contributed by atoms with Gasteiger partial charge in [0, 0.05) is 12.1 Å². The molecule has 1 rings (SSSR count). The second-order valence-corrected chi connectivity index (χ2v) is 3.08. The van der Waals surface area contributed by atoms with Crippen molar-refractivity contribution in [3.8, 4) is 0 Å². The number of hydrogen-bond donors (Lipinski definition) is 3. The SMILES string of the molecule is C[n+]1ccccc1.O=P(O)(O)O.